The second kappa shape index (κ2) is 9.60. The van der Waals surface area contributed by atoms with Crippen molar-refractivity contribution in [2.75, 3.05) is 5.75 Å². The number of non-ortho nitro benzene ring substituents is 1. The lowest BCUT2D eigenvalue weighted by atomic mass is 9.88. The number of benzene rings is 1. The predicted octanol–water partition coefficient (Wildman–Crippen LogP) is 4.00. The van der Waals surface area contributed by atoms with E-state index >= 15 is 0 Å². The summed E-state index contributed by atoms with van der Waals surface area (Å²) < 4.78 is 18.0. The minimum atomic E-state index is -2.18. The number of carboxylic acid groups (broad SMARTS) is 1. The van der Waals surface area contributed by atoms with Crippen molar-refractivity contribution in [3.05, 3.63) is 39.9 Å². The number of nitro groups is 1. The minimum Gasteiger partial charge on any atom is -0.479 e. The molecule has 0 aliphatic carbocycles. The molecule has 2 heterocycles. The summed E-state index contributed by atoms with van der Waals surface area (Å²) in [4.78, 5) is 38.2. The van der Waals surface area contributed by atoms with Gasteiger partial charge in [-0.25, -0.2) is 4.79 Å². The second-order valence-electron chi connectivity index (χ2n) is 10.6. The van der Waals surface area contributed by atoms with Crippen LogP contribution in [0.15, 0.2) is 24.3 Å². The molecule has 0 spiro atoms. The normalized spacial score (nSPS) is 28.3. The van der Waals surface area contributed by atoms with Crippen molar-refractivity contribution < 1.29 is 28.3 Å². The first-order valence-electron chi connectivity index (χ1n) is 11.6. The van der Waals surface area contributed by atoms with Crippen molar-refractivity contribution in [1.82, 2.24) is 4.90 Å². The van der Waals surface area contributed by atoms with E-state index < -0.39 is 57.5 Å². The zero-order valence-electron chi connectivity index (χ0n) is 21.1. The largest absolute Gasteiger partial charge is 0.479 e. The molecule has 3 rings (SSSR count). The number of aliphatic carboxylic acids is 1. The van der Waals surface area contributed by atoms with Gasteiger partial charge in [0.25, 0.3) is 5.69 Å². The fraction of sp³-hybridized carbons (Fsp3) is 0.652. The fourth-order valence-electron chi connectivity index (χ4n) is 4.48. The summed E-state index contributed by atoms with van der Waals surface area (Å²) in [6.45, 7) is 14.1. The number of nitro benzene ring substituents is 1. The Morgan fingerprint density at radius 1 is 1.34 bits per heavy atom. The number of hydrogen-bond acceptors (Lipinski definition) is 7. The smallest absolute Gasteiger partial charge is 0.335 e. The van der Waals surface area contributed by atoms with Gasteiger partial charge < -0.3 is 14.4 Å². The van der Waals surface area contributed by atoms with Gasteiger partial charge in [-0.05, 0) is 37.0 Å². The maximum atomic E-state index is 13.5. The molecule has 2 saturated heterocycles. The maximum Gasteiger partial charge on any atom is 0.335 e. The molecule has 1 amide bonds. The van der Waals surface area contributed by atoms with Crippen LogP contribution in [-0.2, 0) is 31.2 Å². The van der Waals surface area contributed by atoms with Crippen molar-refractivity contribution in [2.24, 2.45) is 5.92 Å². The van der Waals surface area contributed by atoms with E-state index in [4.69, 9.17) is 4.43 Å². The van der Waals surface area contributed by atoms with Gasteiger partial charge in [0, 0.05) is 17.9 Å². The summed E-state index contributed by atoms with van der Waals surface area (Å²) in [5.41, 5.74) is 0.563. The van der Waals surface area contributed by atoms with Gasteiger partial charge in [-0.2, -0.15) is 0 Å². The average Bonchev–Trinajstić information content (AvgIpc) is 3.03. The SMILES string of the molecule is CCS(=O)C1(C(=O)O)S[C@@H]2[C@@H]([C@@H](C)O[Si](C)(C)C(C)(C)C)C(=O)N2C1Cc1ccc([N+](=O)[O-])cc1. The summed E-state index contributed by atoms with van der Waals surface area (Å²) in [6.07, 6.45) is -0.271. The zero-order valence-corrected chi connectivity index (χ0v) is 23.8. The third kappa shape index (κ3) is 4.69. The van der Waals surface area contributed by atoms with E-state index in [0.29, 0.717) is 5.56 Å². The number of amides is 1. The Labute approximate surface area is 213 Å². The van der Waals surface area contributed by atoms with E-state index in [0.717, 1.165) is 11.8 Å². The van der Waals surface area contributed by atoms with Crippen LogP contribution in [0.3, 0.4) is 0 Å². The number of fused-ring (bicyclic) bond motifs is 1. The van der Waals surface area contributed by atoms with Crippen molar-refractivity contribution in [2.45, 2.75) is 80.8 Å². The van der Waals surface area contributed by atoms with Gasteiger partial charge >= 0.3 is 5.97 Å². The van der Waals surface area contributed by atoms with Gasteiger partial charge in [-0.15, -0.1) is 11.8 Å². The summed E-state index contributed by atoms with van der Waals surface area (Å²) in [5, 5.41) is 20.8. The zero-order chi connectivity index (χ0) is 26.5. The number of nitrogens with zero attached hydrogens (tertiary/aromatic N) is 2. The van der Waals surface area contributed by atoms with Crippen molar-refractivity contribution >= 4 is 48.4 Å². The molecule has 2 fully saturated rings. The van der Waals surface area contributed by atoms with E-state index in [1.54, 1.807) is 24.0 Å². The van der Waals surface area contributed by atoms with Gasteiger partial charge in [-0.1, -0.05) is 39.8 Å². The molecule has 1 aromatic carbocycles. The van der Waals surface area contributed by atoms with Crippen LogP contribution in [-0.4, -0.2) is 66.7 Å². The Balaban J connectivity index is 1.96. The first-order chi connectivity index (χ1) is 16.1. The minimum absolute atomic E-state index is 0.0520. The van der Waals surface area contributed by atoms with Crippen LogP contribution in [0.1, 0.15) is 40.2 Å². The van der Waals surface area contributed by atoms with Crippen LogP contribution >= 0.6 is 11.8 Å². The van der Waals surface area contributed by atoms with Crippen LogP contribution in [0.4, 0.5) is 5.69 Å². The highest BCUT2D eigenvalue weighted by atomic mass is 32.2. The highest BCUT2D eigenvalue weighted by molar-refractivity contribution is 8.14. The van der Waals surface area contributed by atoms with Crippen LogP contribution in [0.2, 0.25) is 18.1 Å². The molecule has 2 aliphatic heterocycles. The van der Waals surface area contributed by atoms with Gasteiger partial charge in [0.1, 0.15) is 0 Å². The van der Waals surface area contributed by atoms with E-state index in [1.807, 2.05) is 6.92 Å². The number of hydrogen-bond donors (Lipinski definition) is 1. The highest BCUT2D eigenvalue weighted by Crippen LogP contribution is 2.57. The molecule has 35 heavy (non-hydrogen) atoms. The standard InChI is InChI=1S/C23H34N2O7S2Si/c1-8-34(31)23(21(27)28)17(13-15-9-11-16(12-10-15)25(29)30)24-19(26)18(20(24)33-23)14(2)32-35(6,7)22(3,4)5/h9-12,14,17-18,20H,8,13H2,1-7H3,(H,27,28)/t14-,17?,18+,20-,23?,34?/m1/s1. The third-order valence-electron chi connectivity index (χ3n) is 7.46. The van der Waals surface area contributed by atoms with E-state index in [-0.39, 0.29) is 28.8 Å². The number of carbonyl (C=O) groups excluding carboxylic acids is 1. The maximum absolute atomic E-state index is 13.5. The molecule has 9 nitrogen and oxygen atoms in total. The summed E-state index contributed by atoms with van der Waals surface area (Å²) in [7, 11) is -3.93. The van der Waals surface area contributed by atoms with Gasteiger partial charge in [0.2, 0.25) is 9.99 Å². The van der Waals surface area contributed by atoms with Crippen LogP contribution in [0.25, 0.3) is 0 Å². The molecule has 3 unspecified atom stereocenters. The van der Waals surface area contributed by atoms with E-state index in [1.165, 1.54) is 12.1 Å². The molecule has 6 atom stereocenters. The molecule has 194 valence electrons. The third-order valence-corrected chi connectivity index (χ3v) is 16.1. The van der Waals surface area contributed by atoms with Crippen molar-refractivity contribution in [1.29, 1.82) is 0 Å². The van der Waals surface area contributed by atoms with Crippen molar-refractivity contribution in [3.8, 4) is 0 Å². The molecular formula is C23H34N2O7S2Si. The summed E-state index contributed by atoms with van der Waals surface area (Å²) >= 11 is 1.09. The Hall–Kier alpha value is -1.76. The number of carboxylic acids is 1. The van der Waals surface area contributed by atoms with Gasteiger partial charge in [-0.3, -0.25) is 19.1 Å². The van der Waals surface area contributed by atoms with Gasteiger partial charge in [0.05, 0.1) is 39.2 Å². The fourth-order valence-corrected chi connectivity index (χ4v) is 9.77. The molecule has 0 bridgehead atoms. The Bertz CT molecular complexity index is 1040. The van der Waals surface area contributed by atoms with Crippen LogP contribution < -0.4 is 0 Å². The van der Waals surface area contributed by atoms with Gasteiger partial charge in [0.15, 0.2) is 8.32 Å². The number of β-lactam (4-membered cyclic amide) rings is 1. The first-order valence-corrected chi connectivity index (χ1v) is 16.7. The Morgan fingerprint density at radius 2 is 1.91 bits per heavy atom. The molecule has 2 aliphatic rings. The average molecular weight is 543 g/mol. The van der Waals surface area contributed by atoms with E-state index in [2.05, 4.69) is 33.9 Å². The summed E-state index contributed by atoms with van der Waals surface area (Å²) in [6, 6.07) is 4.97. The predicted molar refractivity (Wildman–Crippen MR) is 139 cm³/mol. The molecule has 12 heteroatoms. The lowest BCUT2D eigenvalue weighted by Gasteiger charge is -2.49. The van der Waals surface area contributed by atoms with E-state index in [9.17, 15) is 29.0 Å². The first kappa shape index (κ1) is 27.8. The molecule has 0 radical (unpaired) electrons. The second-order valence-corrected chi connectivity index (χ2v) is 18.9. The Morgan fingerprint density at radius 3 is 2.37 bits per heavy atom. The number of rotatable bonds is 9. The summed E-state index contributed by atoms with van der Waals surface area (Å²) in [5.74, 6) is -1.81. The topological polar surface area (TPSA) is 127 Å². The number of carbonyl (C=O) groups is 2. The Kier molecular flexibility index (Phi) is 7.63. The molecule has 0 aromatic heterocycles. The lowest BCUT2D eigenvalue weighted by Crippen LogP contribution is -2.66. The van der Waals surface area contributed by atoms with Crippen LogP contribution in [0, 0.1) is 16.0 Å². The monoisotopic (exact) mass is 542 g/mol. The quantitative estimate of drug-likeness (QED) is 0.215. The molecular weight excluding hydrogens is 508 g/mol. The van der Waals surface area contributed by atoms with Crippen LogP contribution in [0.5, 0.6) is 0 Å². The molecule has 1 N–H and O–H groups in total. The van der Waals surface area contributed by atoms with Crippen molar-refractivity contribution in [3.63, 3.8) is 0 Å². The molecule has 0 saturated carbocycles. The highest BCUT2D eigenvalue weighted by Gasteiger charge is 2.70. The molecule has 1 aromatic rings. The number of thioether (sulfide) groups is 1. The lowest BCUT2D eigenvalue weighted by molar-refractivity contribution is -0.384.